The van der Waals surface area contributed by atoms with Crippen LogP contribution in [0.3, 0.4) is 0 Å². The van der Waals surface area contributed by atoms with Gasteiger partial charge in [-0.25, -0.2) is 4.79 Å². The fraction of sp³-hybridized carbons (Fsp3) is 0.0714. The molecule has 0 aromatic heterocycles. The summed E-state index contributed by atoms with van der Waals surface area (Å²) < 4.78 is 4.76. The third-order valence-corrected chi connectivity index (χ3v) is 2.00. The molecular formula is C14H10N2O2. The zero-order chi connectivity index (χ0) is 13.4. The highest BCUT2D eigenvalue weighted by molar-refractivity contribution is 5.97. The number of carbonyl (C=O) groups is 1. The van der Waals surface area contributed by atoms with E-state index in [2.05, 4.69) is 6.58 Å². The number of rotatable bonds is 4. The normalized spacial score (nSPS) is 10.0. The zero-order valence-corrected chi connectivity index (χ0v) is 9.59. The summed E-state index contributed by atoms with van der Waals surface area (Å²) >= 11 is 0. The van der Waals surface area contributed by atoms with Crippen molar-refractivity contribution >= 4 is 12.0 Å². The van der Waals surface area contributed by atoms with Gasteiger partial charge in [-0.3, -0.25) is 0 Å². The van der Waals surface area contributed by atoms with Crippen LogP contribution in [0.25, 0.3) is 6.08 Å². The Bertz CT molecular complexity index is 574. The summed E-state index contributed by atoms with van der Waals surface area (Å²) in [6, 6.07) is 10.3. The van der Waals surface area contributed by atoms with E-state index >= 15 is 0 Å². The molecule has 1 aromatic rings. The van der Waals surface area contributed by atoms with E-state index in [9.17, 15) is 4.79 Å². The van der Waals surface area contributed by atoms with Gasteiger partial charge in [-0.05, 0) is 23.8 Å². The summed E-state index contributed by atoms with van der Waals surface area (Å²) in [4.78, 5) is 11.5. The largest absolute Gasteiger partial charge is 0.457 e. The molecule has 0 heterocycles. The maximum absolute atomic E-state index is 11.5. The van der Waals surface area contributed by atoms with Crippen molar-refractivity contribution in [3.05, 3.63) is 53.6 Å². The van der Waals surface area contributed by atoms with Gasteiger partial charge in [0.1, 0.15) is 18.2 Å². The molecule has 0 amide bonds. The molecule has 0 atom stereocenters. The molecule has 0 N–H and O–H groups in total. The van der Waals surface area contributed by atoms with Crippen LogP contribution in [0.15, 0.2) is 42.5 Å². The quantitative estimate of drug-likeness (QED) is 0.349. The third kappa shape index (κ3) is 3.62. The highest BCUT2D eigenvalue weighted by atomic mass is 16.5. The SMILES string of the molecule is C=CCOC(=O)/C(C#N)=C/c1cccc(C#N)c1. The number of esters is 1. The van der Waals surface area contributed by atoms with Crippen molar-refractivity contribution in [2.45, 2.75) is 0 Å². The lowest BCUT2D eigenvalue weighted by Gasteiger charge is -2.00. The summed E-state index contributed by atoms with van der Waals surface area (Å²) in [7, 11) is 0. The van der Waals surface area contributed by atoms with Gasteiger partial charge in [0.05, 0.1) is 11.6 Å². The fourth-order valence-electron chi connectivity index (χ4n) is 1.21. The molecule has 0 fully saturated rings. The Morgan fingerprint density at radius 1 is 1.44 bits per heavy atom. The lowest BCUT2D eigenvalue weighted by atomic mass is 10.1. The Balaban J connectivity index is 2.97. The number of ether oxygens (including phenoxy) is 1. The van der Waals surface area contributed by atoms with Crippen molar-refractivity contribution in [2.24, 2.45) is 0 Å². The molecule has 0 bridgehead atoms. The van der Waals surface area contributed by atoms with Crippen molar-refractivity contribution in [3.63, 3.8) is 0 Å². The first-order chi connectivity index (χ1) is 8.71. The lowest BCUT2D eigenvalue weighted by Crippen LogP contribution is -2.06. The minimum atomic E-state index is -0.709. The minimum absolute atomic E-state index is 0.0517. The van der Waals surface area contributed by atoms with Crippen LogP contribution in [0.4, 0.5) is 0 Å². The number of hydrogen-bond donors (Lipinski definition) is 0. The molecular weight excluding hydrogens is 228 g/mol. The van der Waals surface area contributed by atoms with Crippen molar-refractivity contribution in [1.29, 1.82) is 10.5 Å². The first kappa shape index (κ1) is 13.2. The predicted octanol–water partition coefficient (Wildman–Crippen LogP) is 2.19. The summed E-state index contributed by atoms with van der Waals surface area (Å²) in [5.41, 5.74) is 0.939. The smallest absolute Gasteiger partial charge is 0.349 e. The molecule has 0 spiro atoms. The first-order valence-corrected chi connectivity index (χ1v) is 5.11. The molecule has 0 aliphatic rings. The van der Waals surface area contributed by atoms with E-state index in [0.717, 1.165) is 0 Å². The van der Waals surface area contributed by atoms with E-state index in [1.807, 2.05) is 6.07 Å². The molecule has 0 unspecified atom stereocenters. The summed E-state index contributed by atoms with van der Waals surface area (Å²) in [5, 5.41) is 17.6. The maximum atomic E-state index is 11.5. The van der Waals surface area contributed by atoms with Gasteiger partial charge in [0.15, 0.2) is 0 Å². The average Bonchev–Trinajstić information content (AvgIpc) is 2.42. The van der Waals surface area contributed by atoms with Gasteiger partial charge in [-0.1, -0.05) is 24.8 Å². The number of benzene rings is 1. The number of hydrogen-bond acceptors (Lipinski definition) is 4. The predicted molar refractivity (Wildman–Crippen MR) is 65.9 cm³/mol. The Labute approximate surface area is 105 Å². The average molecular weight is 238 g/mol. The lowest BCUT2D eigenvalue weighted by molar-refractivity contribution is -0.137. The monoisotopic (exact) mass is 238 g/mol. The van der Waals surface area contributed by atoms with E-state index in [0.29, 0.717) is 11.1 Å². The van der Waals surface area contributed by atoms with Gasteiger partial charge >= 0.3 is 5.97 Å². The molecule has 1 aromatic carbocycles. The summed E-state index contributed by atoms with van der Waals surface area (Å²) in [5.74, 6) is -0.709. The maximum Gasteiger partial charge on any atom is 0.349 e. The molecule has 4 nitrogen and oxygen atoms in total. The van der Waals surface area contributed by atoms with Crippen molar-refractivity contribution in [3.8, 4) is 12.1 Å². The standard InChI is InChI=1S/C14H10N2O2/c1-2-6-18-14(17)13(10-16)8-11-4-3-5-12(7-11)9-15/h2-5,7-8H,1,6H2/b13-8+. The second-order valence-electron chi connectivity index (χ2n) is 3.29. The van der Waals surface area contributed by atoms with Crippen LogP contribution in [0.5, 0.6) is 0 Å². The van der Waals surface area contributed by atoms with Crippen LogP contribution < -0.4 is 0 Å². The van der Waals surface area contributed by atoms with Gasteiger partial charge in [0.2, 0.25) is 0 Å². The zero-order valence-electron chi connectivity index (χ0n) is 9.59. The Morgan fingerprint density at radius 3 is 2.83 bits per heavy atom. The first-order valence-electron chi connectivity index (χ1n) is 5.11. The van der Waals surface area contributed by atoms with Crippen molar-refractivity contribution < 1.29 is 9.53 Å². The molecule has 0 aliphatic carbocycles. The van der Waals surface area contributed by atoms with Gasteiger partial charge in [0, 0.05) is 0 Å². The number of nitriles is 2. The number of carbonyl (C=O) groups excluding carboxylic acids is 1. The van der Waals surface area contributed by atoms with E-state index in [4.69, 9.17) is 15.3 Å². The number of nitrogens with zero attached hydrogens (tertiary/aromatic N) is 2. The highest BCUT2D eigenvalue weighted by Gasteiger charge is 2.09. The fourth-order valence-corrected chi connectivity index (χ4v) is 1.21. The van der Waals surface area contributed by atoms with Crippen LogP contribution in [0.1, 0.15) is 11.1 Å². The molecule has 0 saturated heterocycles. The molecule has 18 heavy (non-hydrogen) atoms. The van der Waals surface area contributed by atoms with E-state index < -0.39 is 5.97 Å². The second-order valence-corrected chi connectivity index (χ2v) is 3.29. The molecule has 0 aliphatic heterocycles. The summed E-state index contributed by atoms with van der Waals surface area (Å²) in [6.07, 6.45) is 2.80. The van der Waals surface area contributed by atoms with E-state index in [1.54, 1.807) is 30.3 Å². The van der Waals surface area contributed by atoms with Gasteiger partial charge in [-0.2, -0.15) is 10.5 Å². The molecule has 4 heteroatoms. The van der Waals surface area contributed by atoms with Gasteiger partial charge in [0.25, 0.3) is 0 Å². The van der Waals surface area contributed by atoms with Crippen LogP contribution in [-0.2, 0) is 9.53 Å². The molecule has 1 rings (SSSR count). The van der Waals surface area contributed by atoms with Gasteiger partial charge < -0.3 is 4.74 Å². The summed E-state index contributed by atoms with van der Waals surface area (Å²) in [6.45, 7) is 3.46. The second kappa shape index (κ2) is 6.67. The Morgan fingerprint density at radius 2 is 2.22 bits per heavy atom. The van der Waals surface area contributed by atoms with Crippen molar-refractivity contribution in [1.82, 2.24) is 0 Å². The van der Waals surface area contributed by atoms with Crippen molar-refractivity contribution in [2.75, 3.05) is 6.61 Å². The van der Waals surface area contributed by atoms with Crippen LogP contribution in [0.2, 0.25) is 0 Å². The van der Waals surface area contributed by atoms with Gasteiger partial charge in [-0.15, -0.1) is 0 Å². The van der Waals surface area contributed by atoms with E-state index in [-0.39, 0.29) is 12.2 Å². The van der Waals surface area contributed by atoms with Crippen LogP contribution in [-0.4, -0.2) is 12.6 Å². The highest BCUT2D eigenvalue weighted by Crippen LogP contribution is 2.10. The minimum Gasteiger partial charge on any atom is -0.457 e. The van der Waals surface area contributed by atoms with Crippen LogP contribution in [0, 0.1) is 22.7 Å². The topological polar surface area (TPSA) is 73.9 Å². The third-order valence-electron chi connectivity index (χ3n) is 2.00. The molecule has 0 saturated carbocycles. The Hall–Kier alpha value is -2.85. The van der Waals surface area contributed by atoms with Crippen LogP contribution >= 0.6 is 0 Å². The molecule has 88 valence electrons. The molecule has 0 radical (unpaired) electrons. The van der Waals surface area contributed by atoms with E-state index in [1.165, 1.54) is 12.2 Å². The Kier molecular flexibility index (Phi) is 4.90.